The number of hydrogen-bond acceptors (Lipinski definition) is 6. The molecule has 0 aliphatic rings. The van der Waals surface area contributed by atoms with Gasteiger partial charge in [-0.25, -0.2) is 4.79 Å². The lowest BCUT2D eigenvalue weighted by molar-refractivity contribution is -0.384. The minimum absolute atomic E-state index is 0.0477. The number of carbonyl (C=O) groups excluding carboxylic acids is 2. The van der Waals surface area contributed by atoms with Crippen LogP contribution in [-0.2, 0) is 9.53 Å². The third-order valence-electron chi connectivity index (χ3n) is 3.15. The highest BCUT2D eigenvalue weighted by Gasteiger charge is 2.17. The van der Waals surface area contributed by atoms with Crippen molar-refractivity contribution in [3.8, 4) is 0 Å². The van der Waals surface area contributed by atoms with Crippen molar-refractivity contribution in [1.82, 2.24) is 5.32 Å². The Balaban J connectivity index is 1.74. The molecule has 0 radical (unpaired) electrons. The van der Waals surface area contributed by atoms with Gasteiger partial charge in [0.15, 0.2) is 6.61 Å². The molecule has 0 saturated heterocycles. The van der Waals surface area contributed by atoms with E-state index in [1.165, 1.54) is 12.1 Å². The molecule has 136 valence electrons. The van der Waals surface area contributed by atoms with E-state index in [9.17, 15) is 19.7 Å². The minimum Gasteiger partial charge on any atom is -0.452 e. The number of benzene rings is 2. The number of carbonyl (C=O) groups is 2. The zero-order chi connectivity index (χ0) is 18.9. The Labute approximate surface area is 158 Å². The van der Waals surface area contributed by atoms with E-state index in [2.05, 4.69) is 5.32 Å². The number of nitro groups is 1. The third-order valence-corrected chi connectivity index (χ3v) is 4.48. The van der Waals surface area contributed by atoms with Crippen molar-refractivity contribution in [3.63, 3.8) is 0 Å². The van der Waals surface area contributed by atoms with Gasteiger partial charge in [-0.05, 0) is 24.3 Å². The van der Waals surface area contributed by atoms with Gasteiger partial charge in [0.25, 0.3) is 11.6 Å². The van der Waals surface area contributed by atoms with Gasteiger partial charge in [0.1, 0.15) is 5.02 Å². The number of nitrogens with zero attached hydrogens (tertiary/aromatic N) is 1. The summed E-state index contributed by atoms with van der Waals surface area (Å²) in [5.74, 6) is -0.610. The van der Waals surface area contributed by atoms with Gasteiger partial charge in [-0.1, -0.05) is 29.8 Å². The maximum atomic E-state index is 11.9. The molecule has 0 atom stereocenters. The van der Waals surface area contributed by atoms with E-state index in [0.717, 1.165) is 11.0 Å². The van der Waals surface area contributed by atoms with E-state index in [0.29, 0.717) is 12.3 Å². The molecule has 0 fully saturated rings. The van der Waals surface area contributed by atoms with Gasteiger partial charge < -0.3 is 10.1 Å². The second-order valence-electron chi connectivity index (χ2n) is 5.01. The number of nitro benzene ring substituents is 1. The van der Waals surface area contributed by atoms with Crippen LogP contribution in [0.2, 0.25) is 5.02 Å². The number of rotatable bonds is 8. The smallest absolute Gasteiger partial charge is 0.338 e. The Morgan fingerprint density at radius 2 is 1.92 bits per heavy atom. The average molecular weight is 395 g/mol. The molecule has 0 unspecified atom stereocenters. The van der Waals surface area contributed by atoms with E-state index < -0.39 is 29.1 Å². The predicted molar refractivity (Wildman–Crippen MR) is 98.6 cm³/mol. The summed E-state index contributed by atoms with van der Waals surface area (Å²) in [4.78, 5) is 34.8. The highest BCUT2D eigenvalue weighted by Crippen LogP contribution is 2.25. The van der Waals surface area contributed by atoms with E-state index in [4.69, 9.17) is 16.3 Å². The van der Waals surface area contributed by atoms with Crippen LogP contribution in [0, 0.1) is 10.1 Å². The van der Waals surface area contributed by atoms with Crippen LogP contribution in [-0.4, -0.2) is 35.7 Å². The Kier molecular flexibility index (Phi) is 7.43. The number of hydrogen-bond donors (Lipinski definition) is 1. The number of thioether (sulfide) groups is 1. The van der Waals surface area contributed by atoms with Crippen LogP contribution in [0.1, 0.15) is 10.4 Å². The number of ether oxygens (including phenoxy) is 1. The largest absolute Gasteiger partial charge is 0.452 e. The second kappa shape index (κ2) is 9.79. The molecule has 1 N–H and O–H groups in total. The number of nitrogens with one attached hydrogen (secondary N) is 1. The standard InChI is InChI=1S/C17H15ClN2O5S/c18-14-7-6-12(10-15(14)20(23)24)17(22)25-11-16(21)19-8-9-26-13-4-2-1-3-5-13/h1-7,10H,8-9,11H2,(H,19,21). The minimum atomic E-state index is -0.835. The summed E-state index contributed by atoms with van der Waals surface area (Å²) in [7, 11) is 0. The van der Waals surface area contributed by atoms with Crippen molar-refractivity contribution >= 4 is 40.9 Å². The molecule has 0 aliphatic carbocycles. The summed E-state index contributed by atoms with van der Waals surface area (Å²) in [6.45, 7) is -0.0480. The molecular weight excluding hydrogens is 380 g/mol. The van der Waals surface area contributed by atoms with Gasteiger partial charge in [0.2, 0.25) is 0 Å². The summed E-state index contributed by atoms with van der Waals surface area (Å²) in [5, 5.41) is 13.4. The first-order chi connectivity index (χ1) is 12.5. The fraction of sp³-hybridized carbons (Fsp3) is 0.176. The maximum absolute atomic E-state index is 11.9. The highest BCUT2D eigenvalue weighted by atomic mass is 35.5. The Morgan fingerprint density at radius 3 is 2.62 bits per heavy atom. The fourth-order valence-corrected chi connectivity index (χ4v) is 2.90. The molecular formula is C17H15ClN2O5S. The van der Waals surface area contributed by atoms with Crippen LogP contribution in [0.25, 0.3) is 0 Å². The van der Waals surface area contributed by atoms with Gasteiger partial charge in [0, 0.05) is 23.3 Å². The molecule has 0 heterocycles. The first-order valence-corrected chi connectivity index (χ1v) is 8.89. The molecule has 2 rings (SSSR count). The zero-order valence-electron chi connectivity index (χ0n) is 13.5. The number of esters is 1. The first-order valence-electron chi connectivity index (χ1n) is 7.53. The molecule has 0 spiro atoms. The van der Waals surface area contributed by atoms with Crippen molar-refractivity contribution in [2.75, 3.05) is 18.9 Å². The molecule has 0 bridgehead atoms. The van der Waals surface area contributed by atoms with Crippen LogP contribution < -0.4 is 5.32 Å². The monoisotopic (exact) mass is 394 g/mol. The van der Waals surface area contributed by atoms with Gasteiger partial charge in [0.05, 0.1) is 10.5 Å². The number of halogens is 1. The lowest BCUT2D eigenvalue weighted by Gasteiger charge is -2.07. The van der Waals surface area contributed by atoms with Crippen LogP contribution in [0.5, 0.6) is 0 Å². The van der Waals surface area contributed by atoms with E-state index in [1.807, 2.05) is 30.3 Å². The SMILES string of the molecule is O=C(COC(=O)c1ccc(Cl)c([N+](=O)[O-])c1)NCCSc1ccccc1. The summed E-state index contributed by atoms with van der Waals surface area (Å²) in [5.41, 5.74) is -0.447. The molecule has 0 saturated carbocycles. The molecule has 7 nitrogen and oxygen atoms in total. The van der Waals surface area contributed by atoms with Crippen molar-refractivity contribution < 1.29 is 19.2 Å². The Bertz CT molecular complexity index is 801. The topological polar surface area (TPSA) is 98.5 Å². The van der Waals surface area contributed by atoms with Crippen LogP contribution >= 0.6 is 23.4 Å². The van der Waals surface area contributed by atoms with Crippen molar-refractivity contribution in [1.29, 1.82) is 0 Å². The predicted octanol–water partition coefficient (Wildman–Crippen LogP) is 3.31. The van der Waals surface area contributed by atoms with Crippen molar-refractivity contribution in [2.24, 2.45) is 0 Å². The highest BCUT2D eigenvalue weighted by molar-refractivity contribution is 7.99. The molecule has 26 heavy (non-hydrogen) atoms. The molecule has 1 amide bonds. The van der Waals surface area contributed by atoms with Crippen molar-refractivity contribution in [3.05, 3.63) is 69.2 Å². The summed E-state index contributed by atoms with van der Waals surface area (Å²) in [6, 6.07) is 13.3. The molecule has 0 aromatic heterocycles. The van der Waals surface area contributed by atoms with Gasteiger partial charge in [-0.15, -0.1) is 11.8 Å². The first kappa shape index (κ1) is 19.7. The third kappa shape index (κ3) is 6.05. The maximum Gasteiger partial charge on any atom is 0.338 e. The Morgan fingerprint density at radius 1 is 1.19 bits per heavy atom. The van der Waals surface area contributed by atoms with Crippen molar-refractivity contribution in [2.45, 2.75) is 4.90 Å². The summed E-state index contributed by atoms with van der Waals surface area (Å²) in [6.07, 6.45) is 0. The van der Waals surface area contributed by atoms with Gasteiger partial charge >= 0.3 is 5.97 Å². The molecule has 9 heteroatoms. The van der Waals surface area contributed by atoms with E-state index in [1.54, 1.807) is 11.8 Å². The summed E-state index contributed by atoms with van der Waals surface area (Å²) >= 11 is 7.27. The van der Waals surface area contributed by atoms with E-state index in [-0.39, 0.29) is 10.6 Å². The van der Waals surface area contributed by atoms with E-state index >= 15 is 0 Å². The normalized spacial score (nSPS) is 10.2. The molecule has 0 aliphatic heterocycles. The second-order valence-corrected chi connectivity index (χ2v) is 6.59. The molecule has 2 aromatic carbocycles. The lowest BCUT2D eigenvalue weighted by atomic mass is 10.2. The van der Waals surface area contributed by atoms with Gasteiger partial charge in [-0.2, -0.15) is 0 Å². The van der Waals surface area contributed by atoms with Crippen LogP contribution in [0.3, 0.4) is 0 Å². The van der Waals surface area contributed by atoms with Crippen LogP contribution in [0.4, 0.5) is 5.69 Å². The quantitative estimate of drug-likeness (QED) is 0.242. The number of amides is 1. The zero-order valence-corrected chi connectivity index (χ0v) is 15.1. The van der Waals surface area contributed by atoms with Crippen LogP contribution in [0.15, 0.2) is 53.4 Å². The summed E-state index contributed by atoms with van der Waals surface area (Å²) < 4.78 is 4.86. The molecule has 2 aromatic rings. The average Bonchev–Trinajstić information content (AvgIpc) is 2.64. The lowest BCUT2D eigenvalue weighted by Crippen LogP contribution is -2.30. The fourth-order valence-electron chi connectivity index (χ4n) is 1.92. The van der Waals surface area contributed by atoms with Gasteiger partial charge in [-0.3, -0.25) is 14.9 Å². The Hall–Kier alpha value is -2.58.